The van der Waals surface area contributed by atoms with E-state index in [1.54, 1.807) is 0 Å². The van der Waals surface area contributed by atoms with Gasteiger partial charge in [0.15, 0.2) is 0 Å². The molecule has 58 valence electrons. The van der Waals surface area contributed by atoms with Crippen molar-refractivity contribution in [2.24, 2.45) is 0 Å². The normalized spacial score (nSPS) is 12.3. The molecule has 0 rings (SSSR count). The van der Waals surface area contributed by atoms with E-state index >= 15 is 0 Å². The van der Waals surface area contributed by atoms with Crippen LogP contribution in [-0.4, -0.2) is 29.5 Å². The molecule has 0 aromatic rings. The third-order valence-corrected chi connectivity index (χ3v) is 1.24. The molecule has 1 atom stereocenters. The minimum atomic E-state index is -1.45. The summed E-state index contributed by atoms with van der Waals surface area (Å²) in [5.41, 5.74) is 0. The third-order valence-electron chi connectivity index (χ3n) is 1.24. The van der Waals surface area contributed by atoms with Crippen LogP contribution < -0.4 is 5.32 Å². The Morgan fingerprint density at radius 1 is 1.70 bits per heavy atom. The molecule has 0 aromatic heterocycles. The maximum absolute atomic E-state index is 9.86. The zero-order chi connectivity index (χ0) is 7.98. The molecule has 0 aliphatic heterocycles. The van der Waals surface area contributed by atoms with Gasteiger partial charge in [-0.2, -0.15) is 0 Å². The molecule has 1 unspecified atom stereocenters. The minimum absolute atomic E-state index is 0.472. The Hall–Kier alpha value is -0.545. The summed E-state index contributed by atoms with van der Waals surface area (Å²) in [4.78, 5) is 9.86. The van der Waals surface area contributed by atoms with Gasteiger partial charge in [-0.3, -0.25) is 4.79 Å². The van der Waals surface area contributed by atoms with Crippen LogP contribution in [0.3, 0.4) is 0 Å². The lowest BCUT2D eigenvalue weighted by molar-refractivity contribution is -0.109. The lowest BCUT2D eigenvalue weighted by Crippen LogP contribution is -2.42. The summed E-state index contributed by atoms with van der Waals surface area (Å²) >= 11 is 0. The van der Waals surface area contributed by atoms with Gasteiger partial charge < -0.3 is 15.4 Å². The second kappa shape index (κ2) is 5.26. The Labute approximate surface area is 60.4 Å². The molecule has 0 saturated heterocycles. The van der Waals surface area contributed by atoms with Crippen molar-refractivity contribution in [3.05, 3.63) is 0 Å². The van der Waals surface area contributed by atoms with Crippen molar-refractivity contribution in [3.8, 4) is 0 Å². The summed E-state index contributed by atoms with van der Waals surface area (Å²) < 4.78 is 0. The van der Waals surface area contributed by atoms with Gasteiger partial charge in [-0.25, -0.2) is 0 Å². The fraction of sp³-hybridized carbons (Fsp3) is 0.800. The number of amides is 1. The van der Waals surface area contributed by atoms with Crippen molar-refractivity contribution in [1.82, 2.24) is 5.32 Å². The summed E-state index contributed by atoms with van der Waals surface area (Å²) in [5, 5.41) is 19.5. The highest BCUT2D eigenvalue weighted by molar-refractivity contribution is 6.43. The molecule has 4 nitrogen and oxygen atoms in total. The molecule has 0 bridgehead atoms. The number of rotatable bonds is 5. The second-order valence-electron chi connectivity index (χ2n) is 2.09. The van der Waals surface area contributed by atoms with E-state index in [2.05, 4.69) is 5.32 Å². The quantitative estimate of drug-likeness (QED) is 0.340. The first kappa shape index (κ1) is 9.45. The fourth-order valence-electron chi connectivity index (χ4n) is 0.717. The molecular formula is C5H12BNO3. The zero-order valence-corrected chi connectivity index (χ0v) is 5.95. The molecule has 0 aliphatic carbocycles. The highest BCUT2D eigenvalue weighted by Gasteiger charge is 2.20. The molecule has 0 spiro atoms. The number of hydrogen-bond donors (Lipinski definition) is 3. The smallest absolute Gasteiger partial charge is 0.426 e. The molecule has 0 aromatic carbocycles. The van der Waals surface area contributed by atoms with E-state index < -0.39 is 13.1 Å². The van der Waals surface area contributed by atoms with Gasteiger partial charge in [0.05, 0.1) is 5.94 Å². The lowest BCUT2D eigenvalue weighted by Gasteiger charge is -2.12. The van der Waals surface area contributed by atoms with E-state index in [4.69, 9.17) is 10.0 Å². The SMILES string of the molecule is CCCC(NC=O)B(O)O. The van der Waals surface area contributed by atoms with Crippen LogP contribution in [0.2, 0.25) is 0 Å². The maximum atomic E-state index is 9.86. The number of nitrogens with one attached hydrogen (secondary N) is 1. The average molecular weight is 145 g/mol. The molecule has 0 saturated carbocycles. The van der Waals surface area contributed by atoms with Crippen LogP contribution in [-0.2, 0) is 4.79 Å². The van der Waals surface area contributed by atoms with Gasteiger partial charge in [0.25, 0.3) is 0 Å². The summed E-state index contributed by atoms with van der Waals surface area (Å²) in [6.07, 6.45) is 1.86. The predicted molar refractivity (Wildman–Crippen MR) is 38.1 cm³/mol. The van der Waals surface area contributed by atoms with Gasteiger partial charge in [-0.05, 0) is 6.42 Å². The van der Waals surface area contributed by atoms with E-state index in [1.165, 1.54) is 0 Å². The van der Waals surface area contributed by atoms with Gasteiger partial charge in [0.2, 0.25) is 6.41 Å². The molecule has 0 fully saturated rings. The van der Waals surface area contributed by atoms with Crippen molar-refractivity contribution in [3.63, 3.8) is 0 Å². The summed E-state index contributed by atoms with van der Waals surface area (Å²) in [7, 11) is -1.45. The first-order valence-corrected chi connectivity index (χ1v) is 3.28. The van der Waals surface area contributed by atoms with Gasteiger partial charge in [-0.15, -0.1) is 0 Å². The van der Waals surface area contributed by atoms with E-state index in [9.17, 15) is 4.79 Å². The highest BCUT2D eigenvalue weighted by atomic mass is 16.4. The third kappa shape index (κ3) is 3.47. The second-order valence-corrected chi connectivity index (χ2v) is 2.09. The zero-order valence-electron chi connectivity index (χ0n) is 5.95. The van der Waals surface area contributed by atoms with Crippen LogP contribution >= 0.6 is 0 Å². The minimum Gasteiger partial charge on any atom is -0.426 e. The lowest BCUT2D eigenvalue weighted by atomic mass is 9.77. The number of hydrogen-bond acceptors (Lipinski definition) is 3. The predicted octanol–water partition coefficient (Wildman–Crippen LogP) is -1.09. The Morgan fingerprint density at radius 2 is 2.30 bits per heavy atom. The first-order chi connectivity index (χ1) is 4.72. The van der Waals surface area contributed by atoms with Crippen LogP contribution in [0.1, 0.15) is 19.8 Å². The van der Waals surface area contributed by atoms with E-state index in [-0.39, 0.29) is 0 Å². The Bertz CT molecular complexity index is 98.9. The van der Waals surface area contributed by atoms with Crippen molar-refractivity contribution < 1.29 is 14.8 Å². The monoisotopic (exact) mass is 145 g/mol. The van der Waals surface area contributed by atoms with Crippen molar-refractivity contribution in [1.29, 1.82) is 0 Å². The van der Waals surface area contributed by atoms with Crippen LogP contribution in [0, 0.1) is 0 Å². The number of carbonyl (C=O) groups is 1. The van der Waals surface area contributed by atoms with E-state index in [0.29, 0.717) is 12.8 Å². The summed E-state index contributed by atoms with van der Waals surface area (Å²) in [6, 6.07) is 0. The van der Waals surface area contributed by atoms with Crippen molar-refractivity contribution >= 4 is 13.5 Å². The van der Waals surface area contributed by atoms with Crippen LogP contribution in [0.25, 0.3) is 0 Å². The van der Waals surface area contributed by atoms with Gasteiger partial charge in [-0.1, -0.05) is 13.3 Å². The Balaban J connectivity index is 3.60. The molecule has 3 N–H and O–H groups in total. The maximum Gasteiger partial charge on any atom is 0.475 e. The van der Waals surface area contributed by atoms with Crippen molar-refractivity contribution in [2.75, 3.05) is 0 Å². The molecule has 1 amide bonds. The molecule has 5 heteroatoms. The highest BCUT2D eigenvalue weighted by Crippen LogP contribution is 1.95. The topological polar surface area (TPSA) is 69.6 Å². The van der Waals surface area contributed by atoms with E-state index in [0.717, 1.165) is 6.42 Å². The Kier molecular flexibility index (Phi) is 4.97. The van der Waals surface area contributed by atoms with Crippen LogP contribution in [0.5, 0.6) is 0 Å². The molecule has 10 heavy (non-hydrogen) atoms. The number of carbonyl (C=O) groups excluding carboxylic acids is 1. The fourth-order valence-corrected chi connectivity index (χ4v) is 0.717. The Morgan fingerprint density at radius 3 is 2.60 bits per heavy atom. The largest absolute Gasteiger partial charge is 0.475 e. The molecule has 0 aliphatic rings. The first-order valence-electron chi connectivity index (χ1n) is 3.28. The standard InChI is InChI=1S/C5H12BNO3/c1-2-3-5(6(9)10)7-4-8/h4-5,9-10H,2-3H2,1H3,(H,7,8). The van der Waals surface area contributed by atoms with Gasteiger partial charge >= 0.3 is 7.12 Å². The average Bonchev–Trinajstić information content (AvgIpc) is 1.87. The molecular weight excluding hydrogens is 133 g/mol. The summed E-state index contributed by atoms with van der Waals surface area (Å²) in [5.74, 6) is -0.525. The van der Waals surface area contributed by atoms with Gasteiger partial charge in [0, 0.05) is 0 Å². The summed E-state index contributed by atoms with van der Waals surface area (Å²) in [6.45, 7) is 1.90. The van der Waals surface area contributed by atoms with Gasteiger partial charge in [0.1, 0.15) is 0 Å². The molecule has 0 heterocycles. The van der Waals surface area contributed by atoms with Crippen LogP contribution in [0.15, 0.2) is 0 Å². The van der Waals surface area contributed by atoms with Crippen molar-refractivity contribution in [2.45, 2.75) is 25.7 Å². The van der Waals surface area contributed by atoms with E-state index in [1.807, 2.05) is 6.92 Å². The molecule has 0 radical (unpaired) electrons. The van der Waals surface area contributed by atoms with Crippen LogP contribution in [0.4, 0.5) is 0 Å².